The van der Waals surface area contributed by atoms with Crippen LogP contribution in [0.25, 0.3) is 0 Å². The van der Waals surface area contributed by atoms with Crippen molar-refractivity contribution in [2.75, 3.05) is 13.2 Å². The normalized spacial score (nSPS) is 42.5. The predicted molar refractivity (Wildman–Crippen MR) is 98.3 cm³/mol. The van der Waals surface area contributed by atoms with E-state index in [1.807, 2.05) is 0 Å². The summed E-state index contributed by atoms with van der Waals surface area (Å²) in [7, 11) is 0. The minimum Gasteiger partial charge on any atom is -0.462 e. The largest absolute Gasteiger partial charge is 0.462 e. The van der Waals surface area contributed by atoms with Crippen molar-refractivity contribution in [3.05, 3.63) is 35.6 Å². The van der Waals surface area contributed by atoms with Gasteiger partial charge in [-0.05, 0) is 61.1 Å². The highest BCUT2D eigenvalue weighted by Crippen LogP contribution is 2.62. The van der Waals surface area contributed by atoms with Crippen molar-refractivity contribution in [3.63, 3.8) is 0 Å². The molecule has 146 valence electrons. The van der Waals surface area contributed by atoms with Gasteiger partial charge in [0.15, 0.2) is 0 Å². The lowest BCUT2D eigenvalue weighted by Gasteiger charge is -2.51. The lowest BCUT2D eigenvalue weighted by Crippen LogP contribution is -2.51. The Hall–Kier alpha value is -1.46. The summed E-state index contributed by atoms with van der Waals surface area (Å²) in [5, 5.41) is 3.39. The summed E-state index contributed by atoms with van der Waals surface area (Å²) in [5.74, 6) is 0.474. The molecule has 2 saturated carbocycles. The number of epoxide rings is 1. The summed E-state index contributed by atoms with van der Waals surface area (Å²) < 4.78 is 24.8. The Morgan fingerprint density at radius 1 is 1.26 bits per heavy atom. The van der Waals surface area contributed by atoms with Gasteiger partial charge in [-0.3, -0.25) is 4.79 Å². The van der Waals surface area contributed by atoms with Crippen LogP contribution in [0.3, 0.4) is 0 Å². The number of fused-ring (bicyclic) bond motifs is 3. The molecular weight excluding hydrogens is 345 g/mol. The van der Waals surface area contributed by atoms with Crippen molar-refractivity contribution in [3.8, 4) is 0 Å². The Kier molecular flexibility index (Phi) is 4.10. The second kappa shape index (κ2) is 6.28. The van der Waals surface area contributed by atoms with Gasteiger partial charge in [0.1, 0.15) is 11.9 Å². The number of carbonyl (C=O) groups excluding carboxylic acids is 1. The molecule has 0 unspecified atom stereocenters. The molecule has 5 rings (SSSR count). The van der Waals surface area contributed by atoms with E-state index in [0.717, 1.165) is 25.0 Å². The van der Waals surface area contributed by atoms with Crippen LogP contribution in [0.15, 0.2) is 24.3 Å². The summed E-state index contributed by atoms with van der Waals surface area (Å²) in [4.78, 5) is 12.6. The molecular formula is C22H28FNO3. The van der Waals surface area contributed by atoms with Crippen LogP contribution in [-0.2, 0) is 20.8 Å². The highest BCUT2D eigenvalue weighted by molar-refractivity contribution is 5.75. The molecule has 4 nitrogen and oxygen atoms in total. The maximum absolute atomic E-state index is 13.0. The molecule has 6 atom stereocenters. The minimum absolute atomic E-state index is 0.0513. The summed E-state index contributed by atoms with van der Waals surface area (Å²) in [6.07, 6.45) is 5.69. The molecule has 0 aromatic heterocycles. The van der Waals surface area contributed by atoms with Crippen LogP contribution in [0.4, 0.5) is 4.39 Å². The van der Waals surface area contributed by atoms with Gasteiger partial charge in [-0.25, -0.2) is 4.39 Å². The van der Waals surface area contributed by atoms with Crippen molar-refractivity contribution in [2.24, 2.45) is 23.2 Å². The highest BCUT2D eigenvalue weighted by Gasteiger charge is 2.64. The van der Waals surface area contributed by atoms with Gasteiger partial charge >= 0.3 is 5.97 Å². The lowest BCUT2D eigenvalue weighted by atomic mass is 9.53. The van der Waals surface area contributed by atoms with Gasteiger partial charge in [0.05, 0.1) is 18.1 Å². The number of hydrogen-bond acceptors (Lipinski definition) is 4. The molecule has 0 amide bonds. The molecule has 27 heavy (non-hydrogen) atoms. The van der Waals surface area contributed by atoms with Gasteiger partial charge in [0.2, 0.25) is 0 Å². The molecule has 2 heterocycles. The average molecular weight is 373 g/mol. The zero-order valence-corrected chi connectivity index (χ0v) is 15.9. The number of hydrogen-bond donors (Lipinski definition) is 1. The molecule has 5 heteroatoms. The van der Waals surface area contributed by atoms with E-state index in [0.29, 0.717) is 19.0 Å². The van der Waals surface area contributed by atoms with Crippen LogP contribution in [0, 0.1) is 29.0 Å². The first kappa shape index (κ1) is 17.6. The van der Waals surface area contributed by atoms with E-state index in [1.54, 1.807) is 12.1 Å². The van der Waals surface area contributed by atoms with E-state index in [4.69, 9.17) is 9.47 Å². The van der Waals surface area contributed by atoms with E-state index in [9.17, 15) is 9.18 Å². The number of ether oxygens (including phenoxy) is 2. The summed E-state index contributed by atoms with van der Waals surface area (Å²) in [6.45, 7) is 4.53. The maximum atomic E-state index is 13.0. The third kappa shape index (κ3) is 2.99. The molecule has 2 aliphatic heterocycles. The Labute approximate surface area is 159 Å². The fourth-order valence-electron chi connectivity index (χ4n) is 6.16. The van der Waals surface area contributed by atoms with E-state index in [-0.39, 0.29) is 40.7 Å². The number of esters is 1. The van der Waals surface area contributed by atoms with Crippen LogP contribution >= 0.6 is 0 Å². The van der Waals surface area contributed by atoms with E-state index < -0.39 is 0 Å². The molecule has 4 fully saturated rings. The summed E-state index contributed by atoms with van der Waals surface area (Å²) >= 11 is 0. The van der Waals surface area contributed by atoms with E-state index >= 15 is 0 Å². The fourth-order valence-corrected chi connectivity index (χ4v) is 6.16. The molecule has 2 saturated heterocycles. The third-order valence-corrected chi connectivity index (χ3v) is 7.69. The third-order valence-electron chi connectivity index (χ3n) is 7.69. The van der Waals surface area contributed by atoms with Crippen molar-refractivity contribution < 1.29 is 18.7 Å². The first-order chi connectivity index (χ1) is 13.0. The molecule has 4 aliphatic rings. The van der Waals surface area contributed by atoms with Crippen LogP contribution in [0.2, 0.25) is 0 Å². The topological polar surface area (TPSA) is 50.9 Å². The van der Waals surface area contributed by atoms with Gasteiger partial charge in [-0.2, -0.15) is 0 Å². The molecule has 2 aliphatic carbocycles. The lowest BCUT2D eigenvalue weighted by molar-refractivity contribution is -0.147. The molecule has 1 N–H and O–H groups in total. The molecule has 0 bridgehead atoms. The van der Waals surface area contributed by atoms with Crippen molar-refractivity contribution >= 4 is 5.97 Å². The molecule has 1 aromatic carbocycles. The number of nitrogens with one attached hydrogen (secondary N) is 1. The summed E-state index contributed by atoms with van der Waals surface area (Å²) in [5.41, 5.74) is 1.36. The zero-order valence-electron chi connectivity index (χ0n) is 15.9. The molecule has 1 spiro atoms. The number of halogens is 1. The molecule has 0 radical (unpaired) electrons. The predicted octanol–water partition coefficient (Wildman–Crippen LogP) is 3.44. The maximum Gasteiger partial charge on any atom is 0.310 e. The van der Waals surface area contributed by atoms with Crippen molar-refractivity contribution in [1.29, 1.82) is 0 Å². The van der Waals surface area contributed by atoms with Gasteiger partial charge < -0.3 is 14.8 Å². The highest BCUT2D eigenvalue weighted by atomic mass is 19.1. The Balaban J connectivity index is 1.26. The fraction of sp³-hybridized carbons (Fsp3) is 0.682. The van der Waals surface area contributed by atoms with Crippen LogP contribution < -0.4 is 5.32 Å². The molecule has 1 aromatic rings. The van der Waals surface area contributed by atoms with Crippen molar-refractivity contribution in [1.82, 2.24) is 5.32 Å². The SMILES string of the molecule is C[C@]12CCC[C@]3(CO3)[C@H]1C[C@H]1[C@@H](C2)OC(=O)[C@@H]1CNCc1ccc(F)cc1. The van der Waals surface area contributed by atoms with Crippen LogP contribution in [0.5, 0.6) is 0 Å². The van der Waals surface area contributed by atoms with Gasteiger partial charge in [-0.15, -0.1) is 0 Å². The Morgan fingerprint density at radius 2 is 2.04 bits per heavy atom. The standard InChI is InChI=1S/C22H28FNO3/c1-21-7-2-8-22(13-26-22)19(21)9-16-17(20(25)27-18(16)10-21)12-24-11-14-3-5-15(23)6-4-14/h3-6,16-19,24H,2,7-13H2,1H3/t16-,17-,18-,19+,21-,22+/m1/s1. The summed E-state index contributed by atoms with van der Waals surface area (Å²) in [6, 6.07) is 6.49. The van der Waals surface area contributed by atoms with Crippen LogP contribution in [0.1, 0.15) is 44.6 Å². The zero-order chi connectivity index (χ0) is 18.6. The Bertz CT molecular complexity index is 732. The van der Waals surface area contributed by atoms with Gasteiger partial charge in [-0.1, -0.05) is 19.1 Å². The quantitative estimate of drug-likeness (QED) is 0.649. The minimum atomic E-state index is -0.227. The monoisotopic (exact) mass is 373 g/mol. The van der Waals surface area contributed by atoms with E-state index in [2.05, 4.69) is 12.2 Å². The number of rotatable bonds is 4. The first-order valence-electron chi connectivity index (χ1n) is 10.3. The Morgan fingerprint density at radius 3 is 2.78 bits per heavy atom. The van der Waals surface area contributed by atoms with Crippen molar-refractivity contribution in [2.45, 2.75) is 57.3 Å². The van der Waals surface area contributed by atoms with E-state index in [1.165, 1.54) is 31.4 Å². The second-order valence-corrected chi connectivity index (χ2v) is 9.36. The number of carbonyl (C=O) groups is 1. The smallest absolute Gasteiger partial charge is 0.310 e. The van der Waals surface area contributed by atoms with Crippen LogP contribution in [-0.4, -0.2) is 30.8 Å². The van der Waals surface area contributed by atoms with Gasteiger partial charge in [0, 0.05) is 19.0 Å². The number of benzene rings is 1. The first-order valence-corrected chi connectivity index (χ1v) is 10.3. The van der Waals surface area contributed by atoms with Gasteiger partial charge in [0.25, 0.3) is 0 Å². The average Bonchev–Trinajstić information content (AvgIpc) is 3.33. The second-order valence-electron chi connectivity index (χ2n) is 9.36.